The topological polar surface area (TPSA) is 83.3 Å². The Labute approximate surface area is 154 Å². The highest BCUT2D eigenvalue weighted by atomic mass is 16.3. The van der Waals surface area contributed by atoms with Crippen molar-refractivity contribution < 1.29 is 9.90 Å². The van der Waals surface area contributed by atoms with Gasteiger partial charge < -0.3 is 15.3 Å². The van der Waals surface area contributed by atoms with Crippen LogP contribution in [0.3, 0.4) is 0 Å². The molecule has 0 aromatic carbocycles. The van der Waals surface area contributed by atoms with E-state index in [-0.39, 0.29) is 23.8 Å². The van der Waals surface area contributed by atoms with E-state index >= 15 is 0 Å². The molecule has 3 atom stereocenters. The molecule has 1 aromatic heterocycles. The van der Waals surface area contributed by atoms with Crippen molar-refractivity contribution in [1.82, 2.24) is 20.1 Å². The van der Waals surface area contributed by atoms with Crippen molar-refractivity contribution in [1.29, 1.82) is 0 Å². The molecular weight excluding hydrogens is 330 g/mol. The molecule has 3 aliphatic rings. The minimum absolute atomic E-state index is 0.0435. The van der Waals surface area contributed by atoms with Gasteiger partial charge in [0.2, 0.25) is 11.9 Å². The number of hydrogen-bond acceptors (Lipinski definition) is 5. The summed E-state index contributed by atoms with van der Waals surface area (Å²) in [6.07, 6.45) is 9.20. The van der Waals surface area contributed by atoms with E-state index in [0.29, 0.717) is 13.0 Å². The van der Waals surface area contributed by atoms with Gasteiger partial charge in [0.1, 0.15) is 5.82 Å². The number of rotatable bonds is 6. The number of hydrogen-bond donors (Lipinski definition) is 2. The maximum absolute atomic E-state index is 11.2. The molecule has 2 heterocycles. The first-order valence-electron chi connectivity index (χ1n) is 9.87. The number of nitrogens with zero attached hydrogens (tertiary/aromatic N) is 4. The molecule has 142 valence electrons. The Hall–Kier alpha value is -1.89. The molecule has 1 aliphatic heterocycles. The van der Waals surface area contributed by atoms with Crippen LogP contribution in [0.25, 0.3) is 0 Å². The number of aliphatic hydroxyl groups excluding tert-OH is 1. The van der Waals surface area contributed by atoms with E-state index in [0.717, 1.165) is 50.2 Å². The standard InChI is InChI=1S/C19H29N5O2/c1-13(25)20-11-16-9-15(10-17(16)26)18-21-22-19(23-7-3-2-4-8-23)24(18)12-14-5-6-14/h2-3,14-17,26H,4-12H2,1H3,(H,20,25)/t15-,16+,17+/m0/s1. The minimum Gasteiger partial charge on any atom is -0.393 e. The molecule has 2 fully saturated rings. The van der Waals surface area contributed by atoms with Gasteiger partial charge in [-0.05, 0) is 38.0 Å². The van der Waals surface area contributed by atoms with Gasteiger partial charge in [0.25, 0.3) is 0 Å². The lowest BCUT2D eigenvalue weighted by molar-refractivity contribution is -0.119. The Morgan fingerprint density at radius 2 is 2.15 bits per heavy atom. The number of anilines is 1. The lowest BCUT2D eigenvalue weighted by Gasteiger charge is -2.25. The Morgan fingerprint density at radius 3 is 2.85 bits per heavy atom. The zero-order valence-corrected chi connectivity index (χ0v) is 15.5. The summed E-state index contributed by atoms with van der Waals surface area (Å²) in [7, 11) is 0. The van der Waals surface area contributed by atoms with E-state index in [2.05, 4.69) is 37.1 Å². The monoisotopic (exact) mass is 359 g/mol. The second-order valence-corrected chi connectivity index (χ2v) is 8.05. The maximum atomic E-state index is 11.2. The molecule has 7 nitrogen and oxygen atoms in total. The molecule has 2 N–H and O–H groups in total. The molecule has 1 aromatic rings. The van der Waals surface area contributed by atoms with Crippen molar-refractivity contribution in [2.24, 2.45) is 11.8 Å². The first kappa shape index (κ1) is 17.5. The average molecular weight is 359 g/mol. The van der Waals surface area contributed by atoms with Crippen LogP contribution in [0.15, 0.2) is 12.2 Å². The van der Waals surface area contributed by atoms with Gasteiger partial charge in [0, 0.05) is 44.9 Å². The van der Waals surface area contributed by atoms with Crippen LogP contribution in [0.2, 0.25) is 0 Å². The molecule has 0 bridgehead atoms. The zero-order chi connectivity index (χ0) is 18.1. The van der Waals surface area contributed by atoms with Crippen molar-refractivity contribution in [2.75, 3.05) is 24.5 Å². The molecule has 2 saturated carbocycles. The number of carbonyl (C=O) groups excluding carboxylic acids is 1. The summed E-state index contributed by atoms with van der Waals surface area (Å²) < 4.78 is 2.31. The molecule has 1 amide bonds. The van der Waals surface area contributed by atoms with Crippen LogP contribution in [0, 0.1) is 11.8 Å². The summed E-state index contributed by atoms with van der Waals surface area (Å²) in [4.78, 5) is 13.5. The van der Waals surface area contributed by atoms with Gasteiger partial charge >= 0.3 is 0 Å². The Bertz CT molecular complexity index is 681. The van der Waals surface area contributed by atoms with Crippen LogP contribution in [0.1, 0.15) is 50.8 Å². The Balaban J connectivity index is 1.53. The quantitative estimate of drug-likeness (QED) is 0.751. The van der Waals surface area contributed by atoms with Crippen LogP contribution < -0.4 is 10.2 Å². The van der Waals surface area contributed by atoms with Crippen LogP contribution >= 0.6 is 0 Å². The summed E-state index contributed by atoms with van der Waals surface area (Å²) in [5, 5.41) is 22.4. The summed E-state index contributed by atoms with van der Waals surface area (Å²) in [5.41, 5.74) is 0. The Kier molecular flexibility index (Phi) is 4.98. The second-order valence-electron chi connectivity index (χ2n) is 8.05. The summed E-state index contributed by atoms with van der Waals surface area (Å²) >= 11 is 0. The molecule has 0 saturated heterocycles. The fraction of sp³-hybridized carbons (Fsp3) is 0.737. The van der Waals surface area contributed by atoms with Crippen LogP contribution in [-0.2, 0) is 11.3 Å². The first-order chi connectivity index (χ1) is 12.6. The fourth-order valence-electron chi connectivity index (χ4n) is 4.21. The highest BCUT2D eigenvalue weighted by Crippen LogP contribution is 2.40. The third-order valence-corrected chi connectivity index (χ3v) is 5.87. The predicted molar refractivity (Wildman–Crippen MR) is 98.9 cm³/mol. The van der Waals surface area contributed by atoms with E-state index in [1.807, 2.05) is 0 Å². The van der Waals surface area contributed by atoms with Crippen molar-refractivity contribution in [3.8, 4) is 0 Å². The maximum Gasteiger partial charge on any atom is 0.227 e. The van der Waals surface area contributed by atoms with Gasteiger partial charge in [0.05, 0.1) is 6.10 Å². The smallest absolute Gasteiger partial charge is 0.227 e. The normalized spacial score (nSPS) is 28.5. The van der Waals surface area contributed by atoms with E-state index in [1.54, 1.807) is 0 Å². The highest BCUT2D eigenvalue weighted by molar-refractivity contribution is 5.72. The van der Waals surface area contributed by atoms with Gasteiger partial charge in [-0.25, -0.2) is 0 Å². The number of amides is 1. The molecular formula is C19H29N5O2. The molecule has 7 heteroatoms. The van der Waals surface area contributed by atoms with Gasteiger partial charge in [-0.3, -0.25) is 9.36 Å². The number of carbonyl (C=O) groups is 1. The molecule has 4 rings (SSSR count). The van der Waals surface area contributed by atoms with Crippen molar-refractivity contribution in [3.63, 3.8) is 0 Å². The fourth-order valence-corrected chi connectivity index (χ4v) is 4.21. The average Bonchev–Trinajstić information content (AvgIpc) is 3.23. The van der Waals surface area contributed by atoms with Gasteiger partial charge in [-0.2, -0.15) is 0 Å². The molecule has 0 spiro atoms. The lowest BCUT2D eigenvalue weighted by atomic mass is 10.0. The SMILES string of the molecule is CC(=O)NC[C@H]1C[C@H](c2nnc(N3CC=CCC3)n2CC2CC2)C[C@H]1O. The predicted octanol–water partition coefficient (Wildman–Crippen LogP) is 1.44. The summed E-state index contributed by atoms with van der Waals surface area (Å²) in [6.45, 7) is 4.91. The van der Waals surface area contributed by atoms with Crippen molar-refractivity contribution in [3.05, 3.63) is 18.0 Å². The molecule has 26 heavy (non-hydrogen) atoms. The van der Waals surface area contributed by atoms with E-state index < -0.39 is 0 Å². The number of nitrogens with one attached hydrogen (secondary N) is 1. The third kappa shape index (κ3) is 3.77. The number of aliphatic hydroxyl groups is 1. The minimum atomic E-state index is -0.390. The molecule has 2 aliphatic carbocycles. The van der Waals surface area contributed by atoms with Gasteiger partial charge in [0.15, 0.2) is 0 Å². The van der Waals surface area contributed by atoms with Crippen LogP contribution in [0.4, 0.5) is 5.95 Å². The zero-order valence-electron chi connectivity index (χ0n) is 15.5. The van der Waals surface area contributed by atoms with Crippen LogP contribution in [0.5, 0.6) is 0 Å². The van der Waals surface area contributed by atoms with Gasteiger partial charge in [-0.1, -0.05) is 12.2 Å². The first-order valence-corrected chi connectivity index (χ1v) is 9.87. The van der Waals surface area contributed by atoms with Crippen molar-refractivity contribution >= 4 is 11.9 Å². The van der Waals surface area contributed by atoms with Crippen molar-refractivity contribution in [2.45, 2.75) is 57.6 Å². The Morgan fingerprint density at radius 1 is 1.31 bits per heavy atom. The van der Waals surface area contributed by atoms with E-state index in [9.17, 15) is 9.90 Å². The third-order valence-electron chi connectivity index (χ3n) is 5.87. The van der Waals surface area contributed by atoms with E-state index in [4.69, 9.17) is 0 Å². The molecule has 0 unspecified atom stereocenters. The molecule has 0 radical (unpaired) electrons. The second kappa shape index (κ2) is 7.39. The van der Waals surface area contributed by atoms with Crippen LogP contribution in [-0.4, -0.2) is 51.5 Å². The lowest BCUT2D eigenvalue weighted by Crippen LogP contribution is -2.30. The highest BCUT2D eigenvalue weighted by Gasteiger charge is 2.38. The number of aromatic nitrogens is 3. The van der Waals surface area contributed by atoms with E-state index in [1.165, 1.54) is 19.8 Å². The summed E-state index contributed by atoms with van der Waals surface area (Å²) in [6, 6.07) is 0. The van der Waals surface area contributed by atoms with Gasteiger partial charge in [-0.15, -0.1) is 10.2 Å². The largest absolute Gasteiger partial charge is 0.393 e. The summed E-state index contributed by atoms with van der Waals surface area (Å²) in [5.74, 6) is 3.01.